The third kappa shape index (κ3) is 1.47. The molecule has 8 nitrogen and oxygen atoms in total. The van der Waals surface area contributed by atoms with Gasteiger partial charge in [-0.05, 0) is 18.2 Å². The van der Waals surface area contributed by atoms with Crippen molar-refractivity contribution >= 4 is 11.5 Å². The highest BCUT2D eigenvalue weighted by Gasteiger charge is 2.10. The van der Waals surface area contributed by atoms with Crippen molar-refractivity contribution in [3.8, 4) is 17.1 Å². The second kappa shape index (κ2) is 3.55. The summed E-state index contributed by atoms with van der Waals surface area (Å²) >= 11 is 0. The van der Waals surface area contributed by atoms with Crippen LogP contribution in [0.1, 0.15) is 0 Å². The average molecular weight is 244 g/mol. The number of phenols is 1. The molecule has 18 heavy (non-hydrogen) atoms. The summed E-state index contributed by atoms with van der Waals surface area (Å²) in [5.41, 5.74) is 6.12. The van der Waals surface area contributed by atoms with Gasteiger partial charge in [-0.25, -0.2) is 0 Å². The summed E-state index contributed by atoms with van der Waals surface area (Å²) in [6.07, 6.45) is 1.13. The van der Waals surface area contributed by atoms with Gasteiger partial charge in [-0.3, -0.25) is 9.78 Å². The maximum atomic E-state index is 11.1. The Morgan fingerprint density at radius 1 is 1.33 bits per heavy atom. The SMILES string of the molecule is Nc1cc(-c2nnc3[nH]c(=O)cnn23)ccc1O. The van der Waals surface area contributed by atoms with E-state index in [4.69, 9.17) is 5.73 Å². The van der Waals surface area contributed by atoms with E-state index < -0.39 is 0 Å². The number of hydrogen-bond acceptors (Lipinski definition) is 6. The van der Waals surface area contributed by atoms with Gasteiger partial charge in [0.05, 0.1) is 5.69 Å². The molecule has 0 aliphatic rings. The Bertz CT molecular complexity index is 790. The topological polar surface area (TPSA) is 122 Å². The number of phenolic OH excluding ortho intramolecular Hbond substituents is 1. The van der Waals surface area contributed by atoms with Crippen molar-refractivity contribution in [2.24, 2.45) is 0 Å². The lowest BCUT2D eigenvalue weighted by molar-refractivity contribution is 0.478. The fourth-order valence-corrected chi connectivity index (χ4v) is 1.59. The lowest BCUT2D eigenvalue weighted by atomic mass is 10.2. The van der Waals surface area contributed by atoms with Gasteiger partial charge in [-0.1, -0.05) is 0 Å². The Balaban J connectivity index is 2.25. The fraction of sp³-hybridized carbons (Fsp3) is 0. The first-order chi connectivity index (χ1) is 8.65. The molecule has 2 aromatic heterocycles. The lowest BCUT2D eigenvalue weighted by Crippen LogP contribution is -2.09. The number of nitrogens with two attached hydrogens (primary N) is 1. The number of anilines is 1. The van der Waals surface area contributed by atoms with Crippen LogP contribution in [-0.2, 0) is 0 Å². The maximum Gasteiger partial charge on any atom is 0.271 e. The second-order valence-corrected chi connectivity index (χ2v) is 3.67. The summed E-state index contributed by atoms with van der Waals surface area (Å²) in [7, 11) is 0. The number of nitrogens with zero attached hydrogens (tertiary/aromatic N) is 4. The molecule has 0 saturated carbocycles. The molecule has 0 bridgehead atoms. The molecule has 90 valence electrons. The van der Waals surface area contributed by atoms with Crippen molar-refractivity contribution in [2.75, 3.05) is 5.73 Å². The van der Waals surface area contributed by atoms with Crippen LogP contribution in [0, 0.1) is 0 Å². The molecule has 8 heteroatoms. The molecule has 0 radical (unpaired) electrons. The van der Waals surface area contributed by atoms with Crippen molar-refractivity contribution in [2.45, 2.75) is 0 Å². The first-order valence-corrected chi connectivity index (χ1v) is 5.05. The highest BCUT2D eigenvalue weighted by atomic mass is 16.3. The number of aromatic hydroxyl groups is 1. The molecule has 0 amide bonds. The van der Waals surface area contributed by atoms with E-state index in [1.54, 1.807) is 12.1 Å². The molecule has 1 aromatic carbocycles. The standard InChI is InChI=1S/C10H8N6O2/c11-6-3-5(1-2-7(6)17)9-14-15-10-13-8(18)4-12-16(9)10/h1-4,17H,11H2,(H,13,15,18). The van der Waals surface area contributed by atoms with E-state index in [9.17, 15) is 9.90 Å². The van der Waals surface area contributed by atoms with Gasteiger partial charge in [-0.2, -0.15) is 9.61 Å². The van der Waals surface area contributed by atoms with Crippen LogP contribution in [0.4, 0.5) is 5.69 Å². The fourth-order valence-electron chi connectivity index (χ4n) is 1.59. The van der Waals surface area contributed by atoms with Crippen molar-refractivity contribution < 1.29 is 5.11 Å². The molecule has 0 aliphatic heterocycles. The summed E-state index contributed by atoms with van der Waals surface area (Å²) in [6, 6.07) is 4.64. The van der Waals surface area contributed by atoms with Gasteiger partial charge >= 0.3 is 0 Å². The zero-order valence-corrected chi connectivity index (χ0v) is 9.03. The molecule has 0 fully saturated rings. The molecular formula is C10H8N6O2. The number of hydrogen-bond donors (Lipinski definition) is 3. The number of nitrogens with one attached hydrogen (secondary N) is 1. The summed E-state index contributed by atoms with van der Waals surface area (Å²) in [5.74, 6) is 0.658. The molecule has 4 N–H and O–H groups in total. The number of nitrogen functional groups attached to an aromatic ring is 1. The minimum Gasteiger partial charge on any atom is -0.506 e. The molecular weight excluding hydrogens is 236 g/mol. The van der Waals surface area contributed by atoms with Crippen LogP contribution in [0.25, 0.3) is 17.2 Å². The summed E-state index contributed by atoms with van der Waals surface area (Å²) in [4.78, 5) is 13.6. The largest absolute Gasteiger partial charge is 0.506 e. The monoisotopic (exact) mass is 244 g/mol. The van der Waals surface area contributed by atoms with Crippen LogP contribution in [0.2, 0.25) is 0 Å². The van der Waals surface area contributed by atoms with Crippen molar-refractivity contribution in [3.05, 3.63) is 34.7 Å². The van der Waals surface area contributed by atoms with Gasteiger partial charge < -0.3 is 10.8 Å². The number of benzene rings is 1. The quantitative estimate of drug-likeness (QED) is 0.401. The molecule has 0 atom stereocenters. The van der Waals surface area contributed by atoms with Crippen LogP contribution in [0.3, 0.4) is 0 Å². The molecule has 0 unspecified atom stereocenters. The van der Waals surface area contributed by atoms with E-state index in [0.29, 0.717) is 11.4 Å². The normalized spacial score (nSPS) is 10.9. The maximum absolute atomic E-state index is 11.1. The van der Waals surface area contributed by atoms with Crippen LogP contribution in [0.5, 0.6) is 5.75 Å². The minimum atomic E-state index is -0.355. The minimum absolute atomic E-state index is 0.00561. The predicted molar refractivity (Wildman–Crippen MR) is 62.9 cm³/mol. The average Bonchev–Trinajstić information content (AvgIpc) is 2.75. The molecule has 2 heterocycles. The van der Waals surface area contributed by atoms with E-state index in [2.05, 4.69) is 20.3 Å². The number of rotatable bonds is 1. The molecule has 3 aromatic rings. The number of aromatic amines is 1. The highest BCUT2D eigenvalue weighted by molar-refractivity contribution is 5.66. The van der Waals surface area contributed by atoms with E-state index in [-0.39, 0.29) is 22.8 Å². The van der Waals surface area contributed by atoms with Gasteiger partial charge in [0.1, 0.15) is 11.9 Å². The zero-order chi connectivity index (χ0) is 12.7. The Morgan fingerprint density at radius 2 is 2.17 bits per heavy atom. The third-order valence-electron chi connectivity index (χ3n) is 2.45. The van der Waals surface area contributed by atoms with Crippen LogP contribution in [0.15, 0.2) is 29.2 Å². The van der Waals surface area contributed by atoms with Gasteiger partial charge in [0.15, 0.2) is 5.82 Å². The van der Waals surface area contributed by atoms with Gasteiger partial charge in [0, 0.05) is 5.56 Å². The van der Waals surface area contributed by atoms with Crippen molar-refractivity contribution in [1.82, 2.24) is 24.8 Å². The summed E-state index contributed by atoms with van der Waals surface area (Å²) < 4.78 is 1.38. The number of fused-ring (bicyclic) bond motifs is 1. The molecule has 0 aliphatic carbocycles. The van der Waals surface area contributed by atoms with Gasteiger partial charge in [0.25, 0.3) is 11.3 Å². The third-order valence-corrected chi connectivity index (χ3v) is 2.45. The predicted octanol–water partition coefficient (Wildman–Crippen LogP) is -0.233. The van der Waals surface area contributed by atoms with Crippen LogP contribution < -0.4 is 11.3 Å². The van der Waals surface area contributed by atoms with E-state index in [1.807, 2.05) is 0 Å². The summed E-state index contributed by atoms with van der Waals surface area (Å²) in [6.45, 7) is 0. The van der Waals surface area contributed by atoms with Crippen molar-refractivity contribution in [3.63, 3.8) is 0 Å². The van der Waals surface area contributed by atoms with Gasteiger partial charge in [0.2, 0.25) is 0 Å². The second-order valence-electron chi connectivity index (χ2n) is 3.67. The first kappa shape index (κ1) is 10.3. The Morgan fingerprint density at radius 3 is 2.94 bits per heavy atom. The van der Waals surface area contributed by atoms with Crippen molar-refractivity contribution in [1.29, 1.82) is 0 Å². The Kier molecular flexibility index (Phi) is 2.03. The van der Waals surface area contributed by atoms with Crippen LogP contribution in [-0.4, -0.2) is 29.9 Å². The molecule has 0 saturated heterocycles. The molecule has 0 spiro atoms. The summed E-state index contributed by atoms with van der Waals surface area (Å²) in [5, 5.41) is 21.0. The first-order valence-electron chi connectivity index (χ1n) is 5.05. The number of aromatic nitrogens is 5. The zero-order valence-electron chi connectivity index (χ0n) is 9.03. The molecule has 3 rings (SSSR count). The van der Waals surface area contributed by atoms with E-state index in [1.165, 1.54) is 10.6 Å². The van der Waals surface area contributed by atoms with Crippen LogP contribution >= 0.6 is 0 Å². The Hall–Kier alpha value is -2.90. The smallest absolute Gasteiger partial charge is 0.271 e. The lowest BCUT2D eigenvalue weighted by Gasteiger charge is -2.01. The number of H-pyrrole nitrogens is 1. The van der Waals surface area contributed by atoms with E-state index >= 15 is 0 Å². The van der Waals surface area contributed by atoms with Gasteiger partial charge in [-0.15, -0.1) is 10.2 Å². The Labute approximate surface area is 99.7 Å². The highest BCUT2D eigenvalue weighted by Crippen LogP contribution is 2.25. The van der Waals surface area contributed by atoms with E-state index in [0.717, 1.165) is 6.20 Å².